The van der Waals surface area contributed by atoms with Gasteiger partial charge in [0.1, 0.15) is 5.60 Å². The first-order valence-electron chi connectivity index (χ1n) is 10.9. The van der Waals surface area contributed by atoms with Crippen LogP contribution in [0.15, 0.2) is 101 Å². The van der Waals surface area contributed by atoms with Crippen LogP contribution in [0.3, 0.4) is 0 Å². The summed E-state index contributed by atoms with van der Waals surface area (Å²) in [6.45, 7) is 2.25. The second-order valence-electron chi connectivity index (χ2n) is 7.61. The van der Waals surface area contributed by atoms with Crippen LogP contribution in [0.4, 0.5) is 0 Å². The Labute approximate surface area is 195 Å². The molecule has 0 bridgehead atoms. The number of ether oxygens (including phenoxy) is 1. The molecule has 0 aliphatic rings. The lowest BCUT2D eigenvalue weighted by Gasteiger charge is -2.39. The fourth-order valence-electron chi connectivity index (χ4n) is 4.02. The fourth-order valence-corrected chi connectivity index (χ4v) is 4.32. The quantitative estimate of drug-likeness (QED) is 0.143. The molecule has 3 aromatic rings. The van der Waals surface area contributed by atoms with Gasteiger partial charge in [-0.25, -0.2) is 0 Å². The van der Waals surface area contributed by atoms with Crippen LogP contribution in [-0.2, 0) is 10.3 Å². The van der Waals surface area contributed by atoms with E-state index in [-0.39, 0.29) is 6.10 Å². The summed E-state index contributed by atoms with van der Waals surface area (Å²) in [5.41, 5.74) is 2.86. The van der Waals surface area contributed by atoms with E-state index in [1.165, 1.54) is 36.0 Å². The molecule has 1 unspecified atom stereocenters. The molecule has 0 saturated carbocycles. The monoisotopic (exact) mass is 510 g/mol. The zero-order valence-corrected chi connectivity index (χ0v) is 19.9. The molecule has 0 saturated heterocycles. The topological polar surface area (TPSA) is 9.23 Å². The zero-order valence-electron chi connectivity index (χ0n) is 17.7. The largest absolute Gasteiger partial charge is 0.357 e. The minimum absolute atomic E-state index is 0.142. The van der Waals surface area contributed by atoms with Crippen molar-refractivity contribution < 1.29 is 4.74 Å². The third-order valence-electron chi connectivity index (χ3n) is 5.50. The summed E-state index contributed by atoms with van der Waals surface area (Å²) in [5, 5.41) is 0. The average molecular weight is 510 g/mol. The molecule has 30 heavy (non-hydrogen) atoms. The van der Waals surface area contributed by atoms with Gasteiger partial charge in [-0.05, 0) is 33.6 Å². The van der Waals surface area contributed by atoms with E-state index >= 15 is 0 Å². The molecular weight excluding hydrogens is 479 g/mol. The summed E-state index contributed by atoms with van der Waals surface area (Å²) in [6.07, 6.45) is 7.99. The van der Waals surface area contributed by atoms with Crippen LogP contribution in [0.25, 0.3) is 0 Å². The average Bonchev–Trinajstić information content (AvgIpc) is 2.82. The van der Waals surface area contributed by atoms with Gasteiger partial charge < -0.3 is 4.74 Å². The molecule has 0 aliphatic carbocycles. The van der Waals surface area contributed by atoms with Crippen LogP contribution in [0.2, 0.25) is 0 Å². The number of hydrogen-bond acceptors (Lipinski definition) is 1. The molecule has 1 nitrogen and oxygen atoms in total. The fraction of sp³-hybridized carbons (Fsp3) is 0.286. The first-order valence-corrected chi connectivity index (χ1v) is 12.2. The maximum atomic E-state index is 7.19. The molecule has 0 aromatic heterocycles. The van der Waals surface area contributed by atoms with E-state index in [1.807, 2.05) is 0 Å². The van der Waals surface area contributed by atoms with Crippen molar-refractivity contribution in [1.29, 1.82) is 0 Å². The van der Waals surface area contributed by atoms with Gasteiger partial charge in [0, 0.05) is 0 Å². The molecular formula is C28H31IO. The van der Waals surface area contributed by atoms with Crippen molar-refractivity contribution in [2.45, 2.75) is 50.7 Å². The normalized spacial score (nSPS) is 12.9. The van der Waals surface area contributed by atoms with E-state index in [1.54, 1.807) is 0 Å². The Bertz CT molecular complexity index is 778. The van der Waals surface area contributed by atoms with E-state index in [4.69, 9.17) is 4.74 Å². The summed E-state index contributed by atoms with van der Waals surface area (Å²) in [5.74, 6) is 0. The van der Waals surface area contributed by atoms with Crippen LogP contribution < -0.4 is 0 Å². The Morgan fingerprint density at radius 1 is 0.767 bits per heavy atom. The molecule has 156 valence electrons. The maximum absolute atomic E-state index is 7.19. The lowest BCUT2D eigenvalue weighted by Crippen LogP contribution is -2.37. The van der Waals surface area contributed by atoms with Gasteiger partial charge >= 0.3 is 0 Å². The van der Waals surface area contributed by atoms with E-state index in [2.05, 4.69) is 131 Å². The predicted octanol–water partition coefficient (Wildman–Crippen LogP) is 8.28. The molecule has 2 heteroatoms. The number of rotatable bonds is 11. The molecule has 0 aliphatic heterocycles. The molecule has 3 rings (SSSR count). The molecule has 0 fully saturated rings. The van der Waals surface area contributed by atoms with Gasteiger partial charge in [-0.3, -0.25) is 0 Å². The summed E-state index contributed by atoms with van der Waals surface area (Å²) in [6, 6.07) is 32.0. The van der Waals surface area contributed by atoms with Crippen molar-refractivity contribution >= 4 is 22.6 Å². The number of hydrogen-bond donors (Lipinski definition) is 0. The standard InChI is InChI=1S/C28H31IO/c1-2-3-7-21-27(22-14-23-29)30-28(24-15-8-4-9-16-24,25-17-10-5-11-18-25)26-19-12-6-13-20-26/h4-6,8-20,23,27H,2-3,7,21-22H2,1H3/b23-14+. The van der Waals surface area contributed by atoms with Gasteiger partial charge in [0.05, 0.1) is 6.10 Å². The van der Waals surface area contributed by atoms with Crippen LogP contribution in [0, 0.1) is 0 Å². The van der Waals surface area contributed by atoms with Crippen LogP contribution >= 0.6 is 22.6 Å². The Morgan fingerprint density at radius 3 is 1.63 bits per heavy atom. The second kappa shape index (κ2) is 12.1. The number of halogens is 1. The Balaban J connectivity index is 2.14. The molecule has 1 atom stereocenters. The molecule has 0 radical (unpaired) electrons. The van der Waals surface area contributed by atoms with Crippen LogP contribution in [-0.4, -0.2) is 6.10 Å². The molecule has 0 amide bonds. The summed E-state index contributed by atoms with van der Waals surface area (Å²) >= 11 is 2.30. The maximum Gasteiger partial charge on any atom is 0.144 e. The first kappa shape index (κ1) is 22.8. The van der Waals surface area contributed by atoms with Crippen LogP contribution in [0.5, 0.6) is 0 Å². The molecule has 3 aromatic carbocycles. The highest BCUT2D eigenvalue weighted by Crippen LogP contribution is 2.42. The summed E-state index contributed by atoms with van der Waals surface area (Å²) < 4.78 is 9.29. The number of benzene rings is 3. The minimum Gasteiger partial charge on any atom is -0.357 e. The van der Waals surface area contributed by atoms with E-state index in [9.17, 15) is 0 Å². The van der Waals surface area contributed by atoms with Crippen molar-refractivity contribution in [3.05, 3.63) is 118 Å². The van der Waals surface area contributed by atoms with E-state index in [0.717, 1.165) is 12.8 Å². The Morgan fingerprint density at radius 2 is 1.23 bits per heavy atom. The lowest BCUT2D eigenvalue weighted by atomic mass is 9.79. The van der Waals surface area contributed by atoms with Gasteiger partial charge in [-0.15, -0.1) is 0 Å². The number of unbranched alkanes of at least 4 members (excludes halogenated alkanes) is 2. The smallest absolute Gasteiger partial charge is 0.144 e. The van der Waals surface area contributed by atoms with Gasteiger partial charge in [-0.2, -0.15) is 0 Å². The lowest BCUT2D eigenvalue weighted by molar-refractivity contribution is -0.0502. The molecule has 0 spiro atoms. The highest BCUT2D eigenvalue weighted by molar-refractivity contribution is 14.1. The highest BCUT2D eigenvalue weighted by atomic mass is 127. The zero-order chi connectivity index (χ0) is 21.1. The predicted molar refractivity (Wildman–Crippen MR) is 136 cm³/mol. The first-order chi connectivity index (χ1) is 14.8. The van der Waals surface area contributed by atoms with Crippen molar-refractivity contribution in [1.82, 2.24) is 0 Å². The van der Waals surface area contributed by atoms with E-state index in [0.29, 0.717) is 0 Å². The van der Waals surface area contributed by atoms with Gasteiger partial charge in [0.15, 0.2) is 0 Å². The van der Waals surface area contributed by atoms with Gasteiger partial charge in [0.25, 0.3) is 0 Å². The highest BCUT2D eigenvalue weighted by Gasteiger charge is 2.39. The second-order valence-corrected chi connectivity index (χ2v) is 8.33. The summed E-state index contributed by atoms with van der Waals surface area (Å²) in [4.78, 5) is 0. The van der Waals surface area contributed by atoms with Crippen molar-refractivity contribution in [3.63, 3.8) is 0 Å². The van der Waals surface area contributed by atoms with Crippen molar-refractivity contribution in [3.8, 4) is 0 Å². The SMILES string of the molecule is CCCCCC(C/C=C/I)OC(c1ccccc1)(c1ccccc1)c1ccccc1. The third-order valence-corrected chi connectivity index (χ3v) is 6.01. The Hall–Kier alpha value is -1.91. The van der Waals surface area contributed by atoms with E-state index < -0.39 is 5.60 Å². The Kier molecular flexibility index (Phi) is 9.16. The van der Waals surface area contributed by atoms with Crippen molar-refractivity contribution in [2.24, 2.45) is 0 Å². The summed E-state index contributed by atoms with van der Waals surface area (Å²) in [7, 11) is 0. The van der Waals surface area contributed by atoms with Crippen LogP contribution in [0.1, 0.15) is 55.7 Å². The van der Waals surface area contributed by atoms with Crippen molar-refractivity contribution in [2.75, 3.05) is 0 Å². The molecule has 0 heterocycles. The minimum atomic E-state index is -0.639. The molecule has 0 N–H and O–H groups in total. The van der Waals surface area contributed by atoms with Gasteiger partial charge in [0.2, 0.25) is 0 Å². The third kappa shape index (κ3) is 5.61. The van der Waals surface area contributed by atoms with Gasteiger partial charge in [-0.1, -0.05) is 146 Å².